The maximum Gasteiger partial charge on any atom is 0.119 e. The summed E-state index contributed by atoms with van der Waals surface area (Å²) in [4.78, 5) is 0. The Bertz CT molecular complexity index is 341. The summed E-state index contributed by atoms with van der Waals surface area (Å²) in [6.07, 6.45) is 0. The summed E-state index contributed by atoms with van der Waals surface area (Å²) in [5.41, 5.74) is 1.37. The van der Waals surface area contributed by atoms with Crippen molar-refractivity contribution in [2.45, 2.75) is 39.8 Å². The lowest BCUT2D eigenvalue weighted by Gasteiger charge is -2.20. The van der Waals surface area contributed by atoms with Gasteiger partial charge in [0.25, 0.3) is 0 Å². The van der Waals surface area contributed by atoms with Crippen molar-refractivity contribution in [1.82, 2.24) is 5.32 Å². The fourth-order valence-corrected chi connectivity index (χ4v) is 1.36. The first-order chi connectivity index (χ1) is 8.40. The highest BCUT2D eigenvalue weighted by Crippen LogP contribution is 2.14. The standard InChI is InChI=1S/C15H25NO2/c1-12(10-17)11-18-14-7-5-13(6-8-14)9-16-15(2,3)4/h5-8,12,16-17H,9-11H2,1-4H3. The second kappa shape index (κ2) is 6.76. The summed E-state index contributed by atoms with van der Waals surface area (Å²) < 4.78 is 5.58. The van der Waals surface area contributed by atoms with Gasteiger partial charge in [-0.2, -0.15) is 0 Å². The van der Waals surface area contributed by atoms with Crippen molar-refractivity contribution in [1.29, 1.82) is 0 Å². The van der Waals surface area contributed by atoms with Crippen LogP contribution >= 0.6 is 0 Å². The van der Waals surface area contributed by atoms with E-state index in [0.717, 1.165) is 12.3 Å². The average Bonchev–Trinajstić information content (AvgIpc) is 2.33. The van der Waals surface area contributed by atoms with Crippen LogP contribution in [0.3, 0.4) is 0 Å². The molecule has 1 unspecified atom stereocenters. The van der Waals surface area contributed by atoms with E-state index in [-0.39, 0.29) is 18.1 Å². The fraction of sp³-hybridized carbons (Fsp3) is 0.600. The lowest BCUT2D eigenvalue weighted by molar-refractivity contribution is 0.174. The fourth-order valence-electron chi connectivity index (χ4n) is 1.36. The maximum absolute atomic E-state index is 8.91. The van der Waals surface area contributed by atoms with E-state index < -0.39 is 0 Å². The SMILES string of the molecule is CC(CO)COc1ccc(CNC(C)(C)C)cc1. The lowest BCUT2D eigenvalue weighted by Crippen LogP contribution is -2.35. The molecule has 0 radical (unpaired) electrons. The number of aliphatic hydroxyl groups excluding tert-OH is 1. The Morgan fingerprint density at radius 1 is 1.22 bits per heavy atom. The van der Waals surface area contributed by atoms with Crippen LogP contribution in [0.25, 0.3) is 0 Å². The van der Waals surface area contributed by atoms with Gasteiger partial charge in [-0.25, -0.2) is 0 Å². The molecule has 0 bridgehead atoms. The van der Waals surface area contributed by atoms with Gasteiger partial charge in [0.15, 0.2) is 0 Å². The van der Waals surface area contributed by atoms with Crippen LogP contribution in [0.15, 0.2) is 24.3 Å². The highest BCUT2D eigenvalue weighted by molar-refractivity contribution is 5.27. The summed E-state index contributed by atoms with van der Waals surface area (Å²) in [6, 6.07) is 8.09. The van der Waals surface area contributed by atoms with Crippen molar-refractivity contribution >= 4 is 0 Å². The summed E-state index contributed by atoms with van der Waals surface area (Å²) in [5, 5.41) is 12.4. The normalized spacial score (nSPS) is 13.4. The van der Waals surface area contributed by atoms with E-state index in [1.165, 1.54) is 5.56 Å². The minimum atomic E-state index is 0.131. The van der Waals surface area contributed by atoms with Gasteiger partial charge in [0.05, 0.1) is 6.61 Å². The molecule has 1 rings (SSSR count). The Balaban J connectivity index is 2.42. The lowest BCUT2D eigenvalue weighted by atomic mass is 10.1. The Morgan fingerprint density at radius 2 is 1.83 bits per heavy atom. The van der Waals surface area contributed by atoms with Gasteiger partial charge >= 0.3 is 0 Å². The van der Waals surface area contributed by atoms with Gasteiger partial charge in [0.1, 0.15) is 5.75 Å². The number of benzene rings is 1. The molecule has 3 heteroatoms. The second-order valence-electron chi connectivity index (χ2n) is 5.85. The van der Waals surface area contributed by atoms with Crippen LogP contribution in [-0.2, 0) is 6.54 Å². The molecule has 0 amide bonds. The van der Waals surface area contributed by atoms with Crippen molar-refractivity contribution in [2.75, 3.05) is 13.2 Å². The highest BCUT2D eigenvalue weighted by Gasteiger charge is 2.08. The van der Waals surface area contributed by atoms with Crippen LogP contribution in [0.2, 0.25) is 0 Å². The summed E-state index contributed by atoms with van der Waals surface area (Å²) in [7, 11) is 0. The molecule has 2 N–H and O–H groups in total. The first-order valence-corrected chi connectivity index (χ1v) is 6.48. The molecule has 3 nitrogen and oxygen atoms in total. The van der Waals surface area contributed by atoms with Crippen molar-refractivity contribution in [3.8, 4) is 5.75 Å². The first kappa shape index (κ1) is 15.0. The van der Waals surface area contributed by atoms with Gasteiger partial charge in [-0.1, -0.05) is 19.1 Å². The van der Waals surface area contributed by atoms with Gasteiger partial charge < -0.3 is 15.2 Å². The molecule has 0 heterocycles. The van der Waals surface area contributed by atoms with Crippen molar-refractivity contribution < 1.29 is 9.84 Å². The number of hydrogen-bond acceptors (Lipinski definition) is 3. The summed E-state index contributed by atoms with van der Waals surface area (Å²) in [6.45, 7) is 9.99. The summed E-state index contributed by atoms with van der Waals surface area (Å²) in [5.74, 6) is 1.03. The van der Waals surface area contributed by atoms with Gasteiger partial charge in [0.2, 0.25) is 0 Å². The molecule has 0 aromatic heterocycles. The van der Waals surface area contributed by atoms with E-state index in [2.05, 4.69) is 38.2 Å². The van der Waals surface area contributed by atoms with Crippen molar-refractivity contribution in [3.05, 3.63) is 29.8 Å². The largest absolute Gasteiger partial charge is 0.493 e. The highest BCUT2D eigenvalue weighted by atomic mass is 16.5. The second-order valence-corrected chi connectivity index (χ2v) is 5.85. The Morgan fingerprint density at radius 3 is 2.33 bits per heavy atom. The van der Waals surface area contributed by atoms with E-state index >= 15 is 0 Å². The Kier molecular flexibility index (Phi) is 5.63. The number of aliphatic hydroxyl groups is 1. The van der Waals surface area contributed by atoms with Crippen LogP contribution in [0, 0.1) is 5.92 Å². The smallest absolute Gasteiger partial charge is 0.119 e. The van der Waals surface area contributed by atoms with Crippen LogP contribution in [-0.4, -0.2) is 23.9 Å². The Hall–Kier alpha value is -1.06. The first-order valence-electron chi connectivity index (χ1n) is 6.48. The topological polar surface area (TPSA) is 41.5 Å². The molecule has 18 heavy (non-hydrogen) atoms. The van der Waals surface area contributed by atoms with Crippen LogP contribution in [0.1, 0.15) is 33.3 Å². The van der Waals surface area contributed by atoms with E-state index in [4.69, 9.17) is 9.84 Å². The quantitative estimate of drug-likeness (QED) is 0.816. The predicted molar refractivity (Wildman–Crippen MR) is 74.8 cm³/mol. The molecular formula is C15H25NO2. The Labute approximate surface area is 110 Å². The van der Waals surface area contributed by atoms with Gasteiger partial charge in [0, 0.05) is 24.6 Å². The molecule has 0 saturated heterocycles. The maximum atomic E-state index is 8.91. The van der Waals surface area contributed by atoms with Gasteiger partial charge in [-0.05, 0) is 38.5 Å². The van der Waals surface area contributed by atoms with Crippen molar-refractivity contribution in [3.63, 3.8) is 0 Å². The minimum absolute atomic E-state index is 0.131. The van der Waals surface area contributed by atoms with Crippen LogP contribution in [0.5, 0.6) is 5.75 Å². The molecular weight excluding hydrogens is 226 g/mol. The molecule has 102 valence electrons. The molecule has 1 aromatic carbocycles. The average molecular weight is 251 g/mol. The number of nitrogens with one attached hydrogen (secondary N) is 1. The minimum Gasteiger partial charge on any atom is -0.493 e. The van der Waals surface area contributed by atoms with E-state index in [1.54, 1.807) is 0 Å². The number of hydrogen-bond donors (Lipinski definition) is 2. The zero-order valence-electron chi connectivity index (χ0n) is 11.9. The van der Waals surface area contributed by atoms with E-state index in [1.807, 2.05) is 19.1 Å². The molecule has 0 fully saturated rings. The third kappa shape index (κ3) is 6.03. The van der Waals surface area contributed by atoms with Crippen LogP contribution in [0.4, 0.5) is 0 Å². The van der Waals surface area contributed by atoms with Crippen molar-refractivity contribution in [2.24, 2.45) is 5.92 Å². The molecule has 1 atom stereocenters. The predicted octanol–water partition coefficient (Wildman–Crippen LogP) is 2.58. The zero-order valence-corrected chi connectivity index (χ0v) is 11.9. The van der Waals surface area contributed by atoms with Crippen LogP contribution < -0.4 is 10.1 Å². The molecule has 0 spiro atoms. The molecule has 0 saturated carbocycles. The zero-order chi connectivity index (χ0) is 13.6. The van der Waals surface area contributed by atoms with E-state index in [9.17, 15) is 0 Å². The third-order valence-corrected chi connectivity index (χ3v) is 2.59. The number of ether oxygens (including phenoxy) is 1. The molecule has 0 aliphatic heterocycles. The molecule has 0 aliphatic rings. The molecule has 1 aromatic rings. The summed E-state index contributed by atoms with van der Waals surface area (Å²) >= 11 is 0. The van der Waals surface area contributed by atoms with Gasteiger partial charge in [-0.15, -0.1) is 0 Å². The van der Waals surface area contributed by atoms with Gasteiger partial charge in [-0.3, -0.25) is 0 Å². The number of rotatable bonds is 6. The monoisotopic (exact) mass is 251 g/mol. The molecule has 0 aliphatic carbocycles. The third-order valence-electron chi connectivity index (χ3n) is 2.59. The van der Waals surface area contributed by atoms with E-state index in [0.29, 0.717) is 6.61 Å².